The molecule has 5 heteroatoms. The number of benzene rings is 1. The van der Waals surface area contributed by atoms with E-state index in [-0.39, 0.29) is 0 Å². The standard InChI is InChI=1S/C15H13BrN4/c1-9-5-6-10(11(16)8-9)14-13(15(17)20-19-14)12-4-2-3-7-18-12/h2-8H,1H3,(H3,17,19,20). The van der Waals surface area contributed by atoms with Gasteiger partial charge in [-0.3, -0.25) is 10.1 Å². The molecule has 3 rings (SSSR count). The number of nitrogen functional groups attached to an aromatic ring is 1. The van der Waals surface area contributed by atoms with Gasteiger partial charge < -0.3 is 5.73 Å². The Bertz CT molecular complexity index is 750. The van der Waals surface area contributed by atoms with Crippen LogP contribution in [0.2, 0.25) is 0 Å². The number of pyridine rings is 1. The van der Waals surface area contributed by atoms with Crippen LogP contribution in [0.1, 0.15) is 5.56 Å². The van der Waals surface area contributed by atoms with Gasteiger partial charge in [-0.05, 0) is 30.7 Å². The molecule has 3 aromatic rings. The van der Waals surface area contributed by atoms with Crippen LogP contribution in [0.25, 0.3) is 22.5 Å². The Hall–Kier alpha value is -2.14. The Morgan fingerprint density at radius 3 is 2.75 bits per heavy atom. The number of nitrogens with zero attached hydrogens (tertiary/aromatic N) is 2. The molecular weight excluding hydrogens is 316 g/mol. The van der Waals surface area contributed by atoms with Crippen molar-refractivity contribution in [3.05, 3.63) is 52.6 Å². The predicted octanol–water partition coefficient (Wildman–Crippen LogP) is 3.79. The van der Waals surface area contributed by atoms with Crippen LogP contribution in [-0.4, -0.2) is 15.2 Å². The van der Waals surface area contributed by atoms with E-state index in [1.165, 1.54) is 5.56 Å². The quantitative estimate of drug-likeness (QED) is 0.752. The van der Waals surface area contributed by atoms with Crippen molar-refractivity contribution < 1.29 is 0 Å². The lowest BCUT2D eigenvalue weighted by Crippen LogP contribution is -1.91. The summed E-state index contributed by atoms with van der Waals surface area (Å²) >= 11 is 3.59. The van der Waals surface area contributed by atoms with Crippen molar-refractivity contribution in [2.45, 2.75) is 6.92 Å². The number of hydrogen-bond donors (Lipinski definition) is 2. The fourth-order valence-corrected chi connectivity index (χ4v) is 2.84. The molecule has 0 saturated heterocycles. The first-order valence-electron chi connectivity index (χ1n) is 6.18. The third-order valence-electron chi connectivity index (χ3n) is 3.11. The van der Waals surface area contributed by atoms with E-state index in [2.05, 4.69) is 50.2 Å². The van der Waals surface area contributed by atoms with Crippen molar-refractivity contribution >= 4 is 21.7 Å². The summed E-state index contributed by atoms with van der Waals surface area (Å²) in [7, 11) is 0. The van der Waals surface area contributed by atoms with Gasteiger partial charge in [-0.15, -0.1) is 0 Å². The molecule has 3 N–H and O–H groups in total. The zero-order valence-corrected chi connectivity index (χ0v) is 12.5. The molecule has 0 unspecified atom stereocenters. The minimum Gasteiger partial charge on any atom is -0.382 e. The third kappa shape index (κ3) is 2.20. The van der Waals surface area contributed by atoms with E-state index in [4.69, 9.17) is 5.73 Å². The van der Waals surface area contributed by atoms with Gasteiger partial charge in [0, 0.05) is 16.2 Å². The SMILES string of the molecule is Cc1ccc(-c2[nH]nc(N)c2-c2ccccn2)c(Br)c1. The summed E-state index contributed by atoms with van der Waals surface area (Å²) in [4.78, 5) is 4.36. The molecule has 0 amide bonds. The molecule has 0 radical (unpaired) electrons. The average Bonchev–Trinajstić information content (AvgIpc) is 2.81. The van der Waals surface area contributed by atoms with E-state index in [1.54, 1.807) is 6.20 Å². The minimum atomic E-state index is 0.450. The normalized spacial score (nSPS) is 10.7. The lowest BCUT2D eigenvalue weighted by Gasteiger charge is -2.07. The zero-order valence-electron chi connectivity index (χ0n) is 10.9. The number of rotatable bonds is 2. The summed E-state index contributed by atoms with van der Waals surface area (Å²) in [6, 6.07) is 11.9. The highest BCUT2D eigenvalue weighted by Gasteiger charge is 2.17. The molecule has 1 aromatic carbocycles. The average molecular weight is 329 g/mol. The Kier molecular flexibility index (Phi) is 3.28. The van der Waals surface area contributed by atoms with Gasteiger partial charge in [0.2, 0.25) is 0 Å². The highest BCUT2D eigenvalue weighted by molar-refractivity contribution is 9.10. The van der Waals surface area contributed by atoms with E-state index in [0.717, 1.165) is 27.0 Å². The van der Waals surface area contributed by atoms with E-state index < -0.39 is 0 Å². The first-order chi connectivity index (χ1) is 9.66. The Morgan fingerprint density at radius 1 is 1.20 bits per heavy atom. The Balaban J connectivity index is 2.21. The second kappa shape index (κ2) is 5.09. The summed E-state index contributed by atoms with van der Waals surface area (Å²) in [6.07, 6.45) is 1.75. The number of nitrogens with two attached hydrogens (primary N) is 1. The fourth-order valence-electron chi connectivity index (χ4n) is 2.14. The van der Waals surface area contributed by atoms with Crippen molar-refractivity contribution in [3.8, 4) is 22.5 Å². The van der Waals surface area contributed by atoms with Crippen molar-refractivity contribution in [1.82, 2.24) is 15.2 Å². The van der Waals surface area contributed by atoms with Gasteiger partial charge in [0.05, 0.1) is 17.0 Å². The predicted molar refractivity (Wildman–Crippen MR) is 84.1 cm³/mol. The van der Waals surface area contributed by atoms with Crippen LogP contribution >= 0.6 is 15.9 Å². The molecule has 0 saturated carbocycles. The lowest BCUT2D eigenvalue weighted by atomic mass is 10.0. The number of hydrogen-bond acceptors (Lipinski definition) is 3. The van der Waals surface area contributed by atoms with Crippen LogP contribution in [0.4, 0.5) is 5.82 Å². The Labute approximate surface area is 125 Å². The number of aryl methyl sites for hydroxylation is 1. The molecule has 2 aromatic heterocycles. The minimum absolute atomic E-state index is 0.450. The number of aromatic amines is 1. The summed E-state index contributed by atoms with van der Waals surface area (Å²) in [5.41, 5.74) is 10.7. The van der Waals surface area contributed by atoms with E-state index in [1.807, 2.05) is 24.3 Å². The Morgan fingerprint density at radius 2 is 2.05 bits per heavy atom. The molecule has 0 aliphatic rings. The molecule has 0 spiro atoms. The lowest BCUT2D eigenvalue weighted by molar-refractivity contribution is 1.10. The highest BCUT2D eigenvalue weighted by atomic mass is 79.9. The molecule has 2 heterocycles. The fraction of sp³-hybridized carbons (Fsp3) is 0.0667. The maximum Gasteiger partial charge on any atom is 0.155 e. The number of H-pyrrole nitrogens is 1. The van der Waals surface area contributed by atoms with Crippen LogP contribution in [-0.2, 0) is 0 Å². The van der Waals surface area contributed by atoms with Crippen molar-refractivity contribution in [3.63, 3.8) is 0 Å². The second-order valence-corrected chi connectivity index (χ2v) is 5.41. The molecule has 0 atom stereocenters. The number of aromatic nitrogens is 3. The maximum atomic E-state index is 5.99. The first kappa shape index (κ1) is 12.9. The molecule has 4 nitrogen and oxygen atoms in total. The van der Waals surface area contributed by atoms with Gasteiger partial charge in [0.1, 0.15) is 0 Å². The van der Waals surface area contributed by atoms with Gasteiger partial charge in [-0.1, -0.05) is 34.1 Å². The smallest absolute Gasteiger partial charge is 0.155 e. The highest BCUT2D eigenvalue weighted by Crippen LogP contribution is 2.37. The van der Waals surface area contributed by atoms with Crippen molar-refractivity contribution in [2.75, 3.05) is 5.73 Å². The number of halogens is 1. The monoisotopic (exact) mass is 328 g/mol. The van der Waals surface area contributed by atoms with Crippen LogP contribution < -0.4 is 5.73 Å². The van der Waals surface area contributed by atoms with Gasteiger partial charge in [-0.25, -0.2) is 0 Å². The van der Waals surface area contributed by atoms with Crippen molar-refractivity contribution in [1.29, 1.82) is 0 Å². The summed E-state index contributed by atoms with van der Waals surface area (Å²) in [6.45, 7) is 2.05. The van der Waals surface area contributed by atoms with Crippen molar-refractivity contribution in [2.24, 2.45) is 0 Å². The zero-order chi connectivity index (χ0) is 14.1. The second-order valence-electron chi connectivity index (χ2n) is 4.56. The van der Waals surface area contributed by atoms with Crippen LogP contribution in [0.3, 0.4) is 0 Å². The van der Waals surface area contributed by atoms with Gasteiger partial charge >= 0.3 is 0 Å². The van der Waals surface area contributed by atoms with E-state index in [0.29, 0.717) is 5.82 Å². The van der Waals surface area contributed by atoms with E-state index in [9.17, 15) is 0 Å². The molecule has 0 fully saturated rings. The molecule has 0 bridgehead atoms. The van der Waals surface area contributed by atoms with Gasteiger partial charge in [-0.2, -0.15) is 5.10 Å². The van der Waals surface area contributed by atoms with E-state index >= 15 is 0 Å². The molecule has 0 aliphatic carbocycles. The summed E-state index contributed by atoms with van der Waals surface area (Å²) in [5.74, 6) is 0.450. The molecule has 100 valence electrons. The van der Waals surface area contributed by atoms with Gasteiger partial charge in [0.25, 0.3) is 0 Å². The summed E-state index contributed by atoms with van der Waals surface area (Å²) in [5, 5.41) is 7.13. The topological polar surface area (TPSA) is 67.6 Å². The van der Waals surface area contributed by atoms with Gasteiger partial charge in [0.15, 0.2) is 5.82 Å². The maximum absolute atomic E-state index is 5.99. The first-order valence-corrected chi connectivity index (χ1v) is 6.98. The summed E-state index contributed by atoms with van der Waals surface area (Å²) < 4.78 is 0.998. The number of anilines is 1. The van der Waals surface area contributed by atoms with Crippen LogP contribution in [0.15, 0.2) is 47.1 Å². The van der Waals surface area contributed by atoms with Crippen LogP contribution in [0, 0.1) is 6.92 Å². The molecular formula is C15H13BrN4. The third-order valence-corrected chi connectivity index (χ3v) is 3.77. The molecule has 20 heavy (non-hydrogen) atoms. The number of nitrogens with one attached hydrogen (secondary N) is 1. The van der Waals surface area contributed by atoms with Crippen LogP contribution in [0.5, 0.6) is 0 Å². The molecule has 0 aliphatic heterocycles. The largest absolute Gasteiger partial charge is 0.382 e.